The summed E-state index contributed by atoms with van der Waals surface area (Å²) in [5.74, 6) is 9.78. The third kappa shape index (κ3) is 9.13. The number of amides is 2. The Morgan fingerprint density at radius 3 is 2.32 bits per heavy atom. The van der Waals surface area contributed by atoms with E-state index in [9.17, 15) is 24.6 Å². The first kappa shape index (κ1) is 29.7. The second-order valence-corrected chi connectivity index (χ2v) is 10.7. The van der Waals surface area contributed by atoms with Gasteiger partial charge in [0.05, 0.1) is 12.6 Å². The molecule has 0 bridgehead atoms. The fourth-order valence-electron chi connectivity index (χ4n) is 3.85. The Kier molecular flexibility index (Phi) is 9.74. The van der Waals surface area contributed by atoms with Gasteiger partial charge in [0.15, 0.2) is 0 Å². The summed E-state index contributed by atoms with van der Waals surface area (Å²) in [4.78, 5) is 37.6. The van der Waals surface area contributed by atoms with Gasteiger partial charge in [0.25, 0.3) is 5.91 Å². The minimum absolute atomic E-state index is 0.0354. The molecule has 1 aliphatic rings. The lowest BCUT2D eigenvalue weighted by Crippen LogP contribution is -2.62. The fraction of sp³-hybridized carbons (Fsp3) is 0.536. The Labute approximate surface area is 218 Å². The van der Waals surface area contributed by atoms with Crippen molar-refractivity contribution in [1.82, 2.24) is 10.6 Å². The van der Waals surface area contributed by atoms with Gasteiger partial charge in [0.2, 0.25) is 0 Å². The monoisotopic (exact) mass is 512 g/mol. The van der Waals surface area contributed by atoms with E-state index in [1.807, 2.05) is 0 Å². The van der Waals surface area contributed by atoms with Crippen LogP contribution in [-0.2, 0) is 14.3 Å². The lowest BCUT2D eigenvalue weighted by atomic mass is 9.94. The van der Waals surface area contributed by atoms with E-state index in [-0.39, 0.29) is 18.1 Å². The topological polar surface area (TPSA) is 134 Å². The lowest BCUT2D eigenvalue weighted by molar-refractivity contribution is -0.144. The average Bonchev–Trinajstić information content (AvgIpc) is 3.19. The van der Waals surface area contributed by atoms with Crippen molar-refractivity contribution in [1.29, 1.82) is 0 Å². The number of rotatable bonds is 6. The van der Waals surface area contributed by atoms with Crippen LogP contribution in [0.2, 0.25) is 0 Å². The van der Waals surface area contributed by atoms with Gasteiger partial charge in [-0.15, -0.1) is 0 Å². The standard InChI is InChI=1S/C28H36N2O7/c1-26(2,3)37-25(34)30-27(4,5)22(24(33)36-6)29-23(32)21-12-10-19(11-13-21)9-7-8-15-28(35)16-14-20(17-28)18-31/h10-13,20,22,31,35H,14,16-18H2,1-6H3,(H,29,32)(H,30,34)/t20?,22-,28?/m1/s1. The average molecular weight is 513 g/mol. The number of carbonyl (C=O) groups excluding carboxylic acids is 3. The highest BCUT2D eigenvalue weighted by Gasteiger charge is 2.40. The summed E-state index contributed by atoms with van der Waals surface area (Å²) in [5.41, 5.74) is -2.20. The van der Waals surface area contributed by atoms with Gasteiger partial charge >= 0.3 is 12.1 Å². The SMILES string of the molecule is COC(=O)[C@@H](NC(=O)c1ccc(C#CC#CC2(O)CCC(CO)C2)cc1)C(C)(C)NC(=O)OC(C)(C)C. The van der Waals surface area contributed by atoms with Crippen LogP contribution >= 0.6 is 0 Å². The maximum atomic E-state index is 12.9. The highest BCUT2D eigenvalue weighted by molar-refractivity contribution is 5.97. The highest BCUT2D eigenvalue weighted by Crippen LogP contribution is 2.33. The molecule has 9 nitrogen and oxygen atoms in total. The zero-order valence-corrected chi connectivity index (χ0v) is 22.2. The van der Waals surface area contributed by atoms with Crippen molar-refractivity contribution in [3.05, 3.63) is 35.4 Å². The molecular weight excluding hydrogens is 476 g/mol. The van der Waals surface area contributed by atoms with Gasteiger partial charge in [-0.3, -0.25) is 4.79 Å². The first-order valence-electron chi connectivity index (χ1n) is 12.0. The predicted molar refractivity (Wildman–Crippen MR) is 137 cm³/mol. The molecular formula is C28H36N2O7. The van der Waals surface area contributed by atoms with Gasteiger partial charge in [-0.1, -0.05) is 11.8 Å². The van der Waals surface area contributed by atoms with Crippen molar-refractivity contribution >= 4 is 18.0 Å². The molecule has 200 valence electrons. The molecule has 3 atom stereocenters. The Morgan fingerprint density at radius 2 is 1.78 bits per heavy atom. The summed E-state index contributed by atoms with van der Waals surface area (Å²) in [5, 5.41) is 24.9. The molecule has 0 radical (unpaired) electrons. The van der Waals surface area contributed by atoms with Crippen molar-refractivity contribution in [2.24, 2.45) is 5.92 Å². The van der Waals surface area contributed by atoms with Crippen LogP contribution in [0.4, 0.5) is 4.79 Å². The molecule has 4 N–H and O–H groups in total. The van der Waals surface area contributed by atoms with Crippen LogP contribution in [0.1, 0.15) is 69.8 Å². The molecule has 0 heterocycles. The minimum atomic E-state index is -1.23. The van der Waals surface area contributed by atoms with E-state index < -0.39 is 40.8 Å². The summed E-state index contributed by atoms with van der Waals surface area (Å²) in [6.45, 7) is 8.33. The summed E-state index contributed by atoms with van der Waals surface area (Å²) < 4.78 is 10.1. The van der Waals surface area contributed by atoms with E-state index in [0.717, 1.165) is 6.42 Å². The number of methoxy groups -OCH3 is 1. The molecule has 9 heteroatoms. The summed E-state index contributed by atoms with van der Waals surface area (Å²) in [6, 6.07) is 5.16. The van der Waals surface area contributed by atoms with E-state index in [2.05, 4.69) is 34.3 Å². The van der Waals surface area contributed by atoms with Crippen LogP contribution in [0.15, 0.2) is 24.3 Å². The molecule has 1 fully saturated rings. The maximum absolute atomic E-state index is 12.9. The molecule has 2 unspecified atom stereocenters. The molecule has 1 aromatic rings. The van der Waals surface area contributed by atoms with Gasteiger partial charge in [-0.05, 0) is 95.9 Å². The van der Waals surface area contributed by atoms with Crippen molar-refractivity contribution < 1.29 is 34.1 Å². The molecule has 1 saturated carbocycles. The van der Waals surface area contributed by atoms with Gasteiger partial charge in [0, 0.05) is 17.7 Å². The van der Waals surface area contributed by atoms with Gasteiger partial charge in [-0.2, -0.15) is 0 Å². The zero-order chi connectivity index (χ0) is 27.9. The van der Waals surface area contributed by atoms with Gasteiger partial charge < -0.3 is 30.3 Å². The third-order valence-electron chi connectivity index (χ3n) is 5.82. The van der Waals surface area contributed by atoms with E-state index >= 15 is 0 Å². The Hall–Kier alpha value is -3.53. The molecule has 0 aromatic heterocycles. The fourth-order valence-corrected chi connectivity index (χ4v) is 3.85. The van der Waals surface area contributed by atoms with Crippen LogP contribution in [0.25, 0.3) is 0 Å². The largest absolute Gasteiger partial charge is 0.467 e. The molecule has 1 aromatic carbocycles. The molecule has 2 rings (SSSR count). The molecule has 0 aliphatic heterocycles. The Balaban J connectivity index is 2.08. The zero-order valence-electron chi connectivity index (χ0n) is 22.2. The first-order valence-corrected chi connectivity index (χ1v) is 12.0. The molecule has 0 saturated heterocycles. The van der Waals surface area contributed by atoms with E-state index in [1.165, 1.54) is 7.11 Å². The third-order valence-corrected chi connectivity index (χ3v) is 5.82. The highest BCUT2D eigenvalue weighted by atomic mass is 16.6. The number of aliphatic hydroxyl groups is 2. The van der Waals surface area contributed by atoms with Crippen molar-refractivity contribution in [3.8, 4) is 23.7 Å². The summed E-state index contributed by atoms with van der Waals surface area (Å²) in [6.07, 6.45) is 0.926. The van der Waals surface area contributed by atoms with Crippen LogP contribution in [-0.4, -0.2) is 64.7 Å². The van der Waals surface area contributed by atoms with Crippen LogP contribution in [0, 0.1) is 29.6 Å². The summed E-state index contributed by atoms with van der Waals surface area (Å²) >= 11 is 0. The van der Waals surface area contributed by atoms with Crippen molar-refractivity contribution in [3.63, 3.8) is 0 Å². The normalized spacial score (nSPS) is 19.8. The molecule has 37 heavy (non-hydrogen) atoms. The van der Waals surface area contributed by atoms with Crippen LogP contribution < -0.4 is 10.6 Å². The molecule has 0 spiro atoms. The predicted octanol–water partition coefficient (Wildman–Crippen LogP) is 2.14. The smallest absolute Gasteiger partial charge is 0.408 e. The number of aliphatic hydroxyl groups excluding tert-OH is 1. The Morgan fingerprint density at radius 1 is 1.14 bits per heavy atom. The van der Waals surface area contributed by atoms with Crippen molar-refractivity contribution in [2.75, 3.05) is 13.7 Å². The number of nitrogens with one attached hydrogen (secondary N) is 2. The molecule has 2 amide bonds. The summed E-state index contributed by atoms with van der Waals surface area (Å²) in [7, 11) is 1.19. The van der Waals surface area contributed by atoms with E-state index in [0.29, 0.717) is 18.4 Å². The maximum Gasteiger partial charge on any atom is 0.408 e. The number of carbonyl (C=O) groups is 3. The number of alkyl carbamates (subject to hydrolysis) is 1. The second kappa shape index (κ2) is 12.1. The van der Waals surface area contributed by atoms with Gasteiger partial charge in [-0.25, -0.2) is 9.59 Å². The molecule has 1 aliphatic carbocycles. The van der Waals surface area contributed by atoms with E-state index in [1.54, 1.807) is 58.9 Å². The minimum Gasteiger partial charge on any atom is -0.467 e. The van der Waals surface area contributed by atoms with Gasteiger partial charge in [0.1, 0.15) is 17.2 Å². The Bertz CT molecular complexity index is 1110. The van der Waals surface area contributed by atoms with E-state index in [4.69, 9.17) is 9.47 Å². The number of ether oxygens (including phenoxy) is 2. The number of benzene rings is 1. The second-order valence-electron chi connectivity index (χ2n) is 10.7. The first-order chi connectivity index (χ1) is 17.2. The lowest BCUT2D eigenvalue weighted by Gasteiger charge is -2.34. The number of hydrogen-bond acceptors (Lipinski definition) is 7. The van der Waals surface area contributed by atoms with Crippen molar-refractivity contribution in [2.45, 2.75) is 76.7 Å². The van der Waals surface area contributed by atoms with Crippen LogP contribution in [0.5, 0.6) is 0 Å². The number of hydrogen-bond donors (Lipinski definition) is 4. The number of esters is 1. The van der Waals surface area contributed by atoms with Crippen LogP contribution in [0.3, 0.4) is 0 Å². The quantitative estimate of drug-likeness (QED) is 0.339.